The Balaban J connectivity index is 1.90. The number of amides is 2. The van der Waals surface area contributed by atoms with Gasteiger partial charge in [0.05, 0.1) is 5.56 Å². The summed E-state index contributed by atoms with van der Waals surface area (Å²) in [6, 6.07) is 13.4. The van der Waals surface area contributed by atoms with E-state index in [9.17, 15) is 19.6 Å². The highest BCUT2D eigenvalue weighted by molar-refractivity contribution is 6.19. The van der Waals surface area contributed by atoms with Crippen molar-refractivity contribution in [1.29, 1.82) is 10.5 Å². The molecule has 0 atom stereocenters. The fourth-order valence-electron chi connectivity index (χ4n) is 3.10. The summed E-state index contributed by atoms with van der Waals surface area (Å²) in [5, 5.41) is 17.8. The standard InChI is InChI=1S/C24H17N3O5/c1-3-11-27-22(28)19(15(2)20(14-26)23(27)29)13-18-8-9-21(32-18)16-4-6-17(7-5-16)24(30)31-12-10-25/h3-9,13H,1,11-12H2,2H3/b19-13-. The molecule has 8 nitrogen and oxygen atoms in total. The van der Waals surface area contributed by atoms with Crippen LogP contribution in [0.4, 0.5) is 0 Å². The third-order valence-corrected chi connectivity index (χ3v) is 4.72. The lowest BCUT2D eigenvalue weighted by atomic mass is 9.94. The summed E-state index contributed by atoms with van der Waals surface area (Å²) >= 11 is 0. The van der Waals surface area contributed by atoms with E-state index in [0.717, 1.165) is 4.90 Å². The van der Waals surface area contributed by atoms with Gasteiger partial charge in [-0.3, -0.25) is 14.5 Å². The highest BCUT2D eigenvalue weighted by atomic mass is 16.5. The van der Waals surface area contributed by atoms with Crippen LogP contribution in [0.2, 0.25) is 0 Å². The summed E-state index contributed by atoms with van der Waals surface area (Å²) in [4.78, 5) is 37.9. The molecule has 0 fully saturated rings. The zero-order valence-electron chi connectivity index (χ0n) is 17.1. The number of ether oxygens (including phenoxy) is 1. The van der Waals surface area contributed by atoms with Gasteiger partial charge < -0.3 is 9.15 Å². The minimum atomic E-state index is -0.652. The highest BCUT2D eigenvalue weighted by Gasteiger charge is 2.34. The maximum atomic E-state index is 12.8. The molecule has 0 aliphatic carbocycles. The van der Waals surface area contributed by atoms with Crippen LogP contribution in [0.3, 0.4) is 0 Å². The molecule has 0 saturated heterocycles. The quantitative estimate of drug-likeness (QED) is 0.299. The number of furan rings is 1. The first-order chi connectivity index (χ1) is 15.4. The van der Waals surface area contributed by atoms with Crippen molar-refractivity contribution < 1.29 is 23.5 Å². The molecule has 1 aromatic heterocycles. The molecule has 2 aromatic rings. The van der Waals surface area contributed by atoms with Crippen molar-refractivity contribution in [2.75, 3.05) is 13.2 Å². The zero-order valence-corrected chi connectivity index (χ0v) is 17.1. The summed E-state index contributed by atoms with van der Waals surface area (Å²) in [5.41, 5.74) is 1.32. The SMILES string of the molecule is C=CCN1C(=O)C(C#N)=C(C)/C(=C/c2ccc(-c3ccc(C(=O)OCC#N)cc3)o2)C1=O. The van der Waals surface area contributed by atoms with Gasteiger partial charge in [-0.05, 0) is 42.8 Å². The van der Waals surface area contributed by atoms with Gasteiger partial charge in [0.25, 0.3) is 11.8 Å². The molecule has 3 rings (SSSR count). The molecule has 0 spiro atoms. The van der Waals surface area contributed by atoms with Gasteiger partial charge in [0.15, 0.2) is 6.61 Å². The van der Waals surface area contributed by atoms with Crippen molar-refractivity contribution in [3.63, 3.8) is 0 Å². The van der Waals surface area contributed by atoms with Crippen molar-refractivity contribution in [3.05, 3.63) is 77.1 Å². The Labute approximate surface area is 183 Å². The Bertz CT molecular complexity index is 1250. The molecular formula is C24H17N3O5. The van der Waals surface area contributed by atoms with E-state index in [0.29, 0.717) is 22.6 Å². The molecule has 1 aliphatic rings. The van der Waals surface area contributed by atoms with Crippen LogP contribution >= 0.6 is 0 Å². The number of imide groups is 1. The van der Waals surface area contributed by atoms with Gasteiger partial charge in [-0.15, -0.1) is 6.58 Å². The molecule has 158 valence electrons. The van der Waals surface area contributed by atoms with Crippen LogP contribution < -0.4 is 0 Å². The third kappa shape index (κ3) is 4.25. The van der Waals surface area contributed by atoms with E-state index in [1.165, 1.54) is 12.2 Å². The molecule has 1 aromatic carbocycles. The molecule has 0 saturated carbocycles. The van der Waals surface area contributed by atoms with Gasteiger partial charge >= 0.3 is 5.97 Å². The molecule has 1 aliphatic heterocycles. The number of carbonyl (C=O) groups excluding carboxylic acids is 3. The number of benzene rings is 1. The maximum Gasteiger partial charge on any atom is 0.339 e. The smallest absolute Gasteiger partial charge is 0.339 e. The Kier molecular flexibility index (Phi) is 6.47. The number of nitrogens with zero attached hydrogens (tertiary/aromatic N) is 3. The van der Waals surface area contributed by atoms with E-state index in [-0.39, 0.29) is 29.9 Å². The molecule has 8 heteroatoms. The largest absolute Gasteiger partial charge is 0.457 e. The number of esters is 1. The average Bonchev–Trinajstić information content (AvgIpc) is 3.27. The molecule has 2 heterocycles. The topological polar surface area (TPSA) is 124 Å². The molecule has 0 N–H and O–H groups in total. The van der Waals surface area contributed by atoms with Gasteiger partial charge in [0.2, 0.25) is 0 Å². The second-order valence-electron chi connectivity index (χ2n) is 6.69. The van der Waals surface area contributed by atoms with E-state index in [4.69, 9.17) is 14.4 Å². The molecule has 0 bridgehead atoms. The maximum absolute atomic E-state index is 12.8. The Morgan fingerprint density at radius 3 is 2.50 bits per heavy atom. The van der Waals surface area contributed by atoms with Crippen molar-refractivity contribution in [2.24, 2.45) is 0 Å². The first-order valence-corrected chi connectivity index (χ1v) is 9.45. The lowest BCUT2D eigenvalue weighted by molar-refractivity contribution is -0.139. The number of carbonyl (C=O) groups is 3. The number of hydrogen-bond acceptors (Lipinski definition) is 7. The van der Waals surface area contributed by atoms with Crippen molar-refractivity contribution in [3.8, 4) is 23.5 Å². The lowest BCUT2D eigenvalue weighted by Gasteiger charge is -2.26. The van der Waals surface area contributed by atoms with E-state index in [2.05, 4.69) is 6.58 Å². The summed E-state index contributed by atoms with van der Waals surface area (Å²) in [5.74, 6) is -0.957. The van der Waals surface area contributed by atoms with Crippen LogP contribution in [-0.2, 0) is 14.3 Å². The molecule has 0 unspecified atom stereocenters. The van der Waals surface area contributed by atoms with Crippen LogP contribution in [0.5, 0.6) is 0 Å². The molecule has 32 heavy (non-hydrogen) atoms. The van der Waals surface area contributed by atoms with Crippen molar-refractivity contribution in [1.82, 2.24) is 4.90 Å². The number of nitriles is 2. The van der Waals surface area contributed by atoms with Crippen LogP contribution in [0.1, 0.15) is 23.0 Å². The van der Waals surface area contributed by atoms with Crippen LogP contribution in [0, 0.1) is 22.7 Å². The Morgan fingerprint density at radius 2 is 1.88 bits per heavy atom. The molecule has 2 amide bonds. The zero-order chi connectivity index (χ0) is 23.3. The normalized spacial score (nSPS) is 14.8. The van der Waals surface area contributed by atoms with E-state index >= 15 is 0 Å². The highest BCUT2D eigenvalue weighted by Crippen LogP contribution is 2.29. The molecular weight excluding hydrogens is 410 g/mol. The average molecular weight is 427 g/mol. The van der Waals surface area contributed by atoms with Gasteiger partial charge in [-0.25, -0.2) is 4.79 Å². The predicted octanol–water partition coefficient (Wildman–Crippen LogP) is 3.41. The molecule has 0 radical (unpaired) electrons. The van der Waals surface area contributed by atoms with Gasteiger partial charge in [0, 0.05) is 17.7 Å². The summed E-state index contributed by atoms with van der Waals surface area (Å²) in [6.45, 7) is 4.75. The lowest BCUT2D eigenvalue weighted by Crippen LogP contribution is -2.42. The predicted molar refractivity (Wildman–Crippen MR) is 113 cm³/mol. The van der Waals surface area contributed by atoms with Gasteiger partial charge in [0.1, 0.15) is 29.2 Å². The summed E-state index contributed by atoms with van der Waals surface area (Å²) in [7, 11) is 0. The number of hydrogen-bond donors (Lipinski definition) is 0. The van der Waals surface area contributed by atoms with Crippen LogP contribution in [0.25, 0.3) is 17.4 Å². The monoisotopic (exact) mass is 427 g/mol. The van der Waals surface area contributed by atoms with Gasteiger partial charge in [-0.1, -0.05) is 18.2 Å². The Hall–Kier alpha value is -4.69. The first-order valence-electron chi connectivity index (χ1n) is 9.45. The second kappa shape index (κ2) is 9.41. The van der Waals surface area contributed by atoms with Crippen molar-refractivity contribution >= 4 is 23.9 Å². The Morgan fingerprint density at radius 1 is 1.16 bits per heavy atom. The fraction of sp³-hybridized carbons (Fsp3) is 0.125. The van der Waals surface area contributed by atoms with E-state index < -0.39 is 17.8 Å². The van der Waals surface area contributed by atoms with Crippen molar-refractivity contribution in [2.45, 2.75) is 6.92 Å². The summed E-state index contributed by atoms with van der Waals surface area (Å²) in [6.07, 6.45) is 2.89. The second-order valence-corrected chi connectivity index (χ2v) is 6.69. The number of rotatable bonds is 6. The van der Waals surface area contributed by atoms with E-state index in [1.807, 2.05) is 6.07 Å². The van der Waals surface area contributed by atoms with Crippen LogP contribution in [-0.4, -0.2) is 35.8 Å². The van der Waals surface area contributed by atoms with Crippen LogP contribution in [0.15, 0.2) is 70.2 Å². The minimum Gasteiger partial charge on any atom is -0.457 e. The van der Waals surface area contributed by atoms with E-state index in [1.54, 1.807) is 49.4 Å². The first kappa shape index (κ1) is 22.0. The fourth-order valence-corrected chi connectivity index (χ4v) is 3.10. The summed E-state index contributed by atoms with van der Waals surface area (Å²) < 4.78 is 10.6. The minimum absolute atomic E-state index is 0.0139. The third-order valence-electron chi connectivity index (χ3n) is 4.72. The van der Waals surface area contributed by atoms with Gasteiger partial charge in [-0.2, -0.15) is 10.5 Å².